The smallest absolute Gasteiger partial charge is 0.236 e. The van der Waals surface area contributed by atoms with Crippen LogP contribution in [0, 0.1) is 5.41 Å². The van der Waals surface area contributed by atoms with E-state index in [4.69, 9.17) is 5.73 Å². The lowest BCUT2D eigenvalue weighted by atomic mass is 9.93. The van der Waals surface area contributed by atoms with Crippen molar-refractivity contribution >= 4 is 5.91 Å². The lowest BCUT2D eigenvalue weighted by Crippen LogP contribution is -2.52. The van der Waals surface area contributed by atoms with E-state index in [0.717, 1.165) is 19.6 Å². The number of nitrogens with two attached hydrogens (primary N) is 1. The average molecular weight is 199 g/mol. The van der Waals surface area contributed by atoms with Gasteiger partial charge in [0.1, 0.15) is 0 Å². The summed E-state index contributed by atoms with van der Waals surface area (Å²) in [6.07, 6.45) is 0. The minimum Gasteiger partial charge on any atom is -0.340 e. The summed E-state index contributed by atoms with van der Waals surface area (Å²) in [6.45, 7) is 7.92. The number of rotatable bonds is 3. The van der Waals surface area contributed by atoms with Crippen molar-refractivity contribution in [1.29, 1.82) is 0 Å². The predicted molar refractivity (Wildman–Crippen MR) is 56.9 cm³/mol. The van der Waals surface area contributed by atoms with Crippen LogP contribution in [0.15, 0.2) is 0 Å². The Balaban J connectivity index is 2.49. The summed E-state index contributed by atoms with van der Waals surface area (Å²) in [7, 11) is 1.98. The molecule has 0 aromatic rings. The molecule has 1 aliphatic rings. The summed E-state index contributed by atoms with van der Waals surface area (Å²) in [5.74, 6) is 0.222. The zero-order valence-corrected chi connectivity index (χ0v) is 9.42. The topological polar surface area (TPSA) is 49.6 Å². The predicted octanol–water partition coefficient (Wildman–Crippen LogP) is -0.255. The second kappa shape index (κ2) is 4.28. The largest absolute Gasteiger partial charge is 0.340 e. The van der Waals surface area contributed by atoms with Crippen molar-refractivity contribution in [1.82, 2.24) is 9.80 Å². The van der Waals surface area contributed by atoms with Gasteiger partial charge >= 0.3 is 0 Å². The van der Waals surface area contributed by atoms with E-state index < -0.39 is 0 Å². The quantitative estimate of drug-likeness (QED) is 0.681. The van der Waals surface area contributed by atoms with Gasteiger partial charge in [-0.1, -0.05) is 13.8 Å². The van der Waals surface area contributed by atoms with E-state index in [1.807, 2.05) is 16.8 Å². The molecule has 0 saturated carbocycles. The van der Waals surface area contributed by atoms with Crippen LogP contribution in [0.4, 0.5) is 0 Å². The van der Waals surface area contributed by atoms with E-state index in [-0.39, 0.29) is 11.3 Å². The molecular formula is C10H21N3O. The van der Waals surface area contributed by atoms with Crippen LogP contribution in [0.3, 0.4) is 0 Å². The summed E-state index contributed by atoms with van der Waals surface area (Å²) in [4.78, 5) is 15.6. The first-order valence-electron chi connectivity index (χ1n) is 5.11. The first kappa shape index (κ1) is 11.5. The van der Waals surface area contributed by atoms with Crippen LogP contribution in [-0.4, -0.2) is 55.5 Å². The molecule has 1 saturated heterocycles. The van der Waals surface area contributed by atoms with Gasteiger partial charge in [0.05, 0.1) is 6.54 Å². The highest BCUT2D eigenvalue weighted by atomic mass is 16.2. The van der Waals surface area contributed by atoms with Crippen LogP contribution in [0.1, 0.15) is 13.8 Å². The SMILES string of the molecule is CN1CCN(CC(C)(C)CN)C(=O)C1. The molecule has 1 aliphatic heterocycles. The molecule has 0 atom stereocenters. The fourth-order valence-electron chi connectivity index (χ4n) is 1.57. The Hall–Kier alpha value is -0.610. The summed E-state index contributed by atoms with van der Waals surface area (Å²) in [6, 6.07) is 0. The third-order valence-corrected chi connectivity index (χ3v) is 2.68. The lowest BCUT2D eigenvalue weighted by Gasteiger charge is -2.37. The molecule has 14 heavy (non-hydrogen) atoms. The van der Waals surface area contributed by atoms with Crippen molar-refractivity contribution in [2.45, 2.75) is 13.8 Å². The molecule has 1 heterocycles. The van der Waals surface area contributed by atoms with Gasteiger partial charge in [0, 0.05) is 19.6 Å². The van der Waals surface area contributed by atoms with Crippen molar-refractivity contribution in [3.8, 4) is 0 Å². The maximum atomic E-state index is 11.6. The molecule has 82 valence electrons. The molecule has 0 aromatic carbocycles. The number of likely N-dealkylation sites (N-methyl/N-ethyl adjacent to an activating group) is 1. The molecule has 0 aromatic heterocycles. The van der Waals surface area contributed by atoms with Gasteiger partial charge in [-0.15, -0.1) is 0 Å². The van der Waals surface area contributed by atoms with Crippen molar-refractivity contribution < 1.29 is 4.79 Å². The van der Waals surface area contributed by atoms with Crippen LogP contribution < -0.4 is 5.73 Å². The van der Waals surface area contributed by atoms with E-state index in [1.165, 1.54) is 0 Å². The van der Waals surface area contributed by atoms with Crippen molar-refractivity contribution in [3.63, 3.8) is 0 Å². The zero-order valence-electron chi connectivity index (χ0n) is 9.42. The summed E-state index contributed by atoms with van der Waals surface area (Å²) >= 11 is 0. The number of hydrogen-bond acceptors (Lipinski definition) is 3. The first-order valence-corrected chi connectivity index (χ1v) is 5.11. The van der Waals surface area contributed by atoms with E-state index in [2.05, 4.69) is 13.8 Å². The number of carbonyl (C=O) groups excluding carboxylic acids is 1. The Bertz CT molecular complexity index is 215. The molecule has 0 radical (unpaired) electrons. The zero-order chi connectivity index (χ0) is 10.8. The van der Waals surface area contributed by atoms with Crippen LogP contribution in [0.25, 0.3) is 0 Å². The van der Waals surface area contributed by atoms with Crippen molar-refractivity contribution in [2.75, 3.05) is 39.8 Å². The average Bonchev–Trinajstić information content (AvgIpc) is 2.10. The number of amides is 1. The van der Waals surface area contributed by atoms with Crippen LogP contribution in [-0.2, 0) is 4.79 Å². The van der Waals surface area contributed by atoms with Gasteiger partial charge < -0.3 is 10.6 Å². The van der Waals surface area contributed by atoms with Crippen molar-refractivity contribution in [2.24, 2.45) is 11.1 Å². The Labute approximate surface area is 86.0 Å². The lowest BCUT2D eigenvalue weighted by molar-refractivity contribution is -0.136. The molecule has 1 amide bonds. The van der Waals surface area contributed by atoms with Crippen LogP contribution in [0.2, 0.25) is 0 Å². The van der Waals surface area contributed by atoms with Gasteiger partial charge in [0.15, 0.2) is 0 Å². The minimum absolute atomic E-state index is 0.0333. The molecule has 2 N–H and O–H groups in total. The molecule has 0 unspecified atom stereocenters. The normalized spacial score (nSPS) is 20.3. The van der Waals surface area contributed by atoms with E-state index in [9.17, 15) is 4.79 Å². The van der Waals surface area contributed by atoms with Gasteiger partial charge in [-0.3, -0.25) is 9.69 Å². The first-order chi connectivity index (χ1) is 6.44. The summed E-state index contributed by atoms with van der Waals surface area (Å²) < 4.78 is 0. The van der Waals surface area contributed by atoms with Crippen molar-refractivity contribution in [3.05, 3.63) is 0 Å². The highest BCUT2D eigenvalue weighted by molar-refractivity contribution is 5.79. The van der Waals surface area contributed by atoms with Gasteiger partial charge in [0.25, 0.3) is 0 Å². The van der Waals surface area contributed by atoms with Crippen LogP contribution in [0.5, 0.6) is 0 Å². The summed E-state index contributed by atoms with van der Waals surface area (Å²) in [5, 5.41) is 0. The van der Waals surface area contributed by atoms with Gasteiger partial charge in [-0.05, 0) is 19.0 Å². The Kier molecular flexibility index (Phi) is 3.50. The molecule has 4 heteroatoms. The van der Waals surface area contributed by atoms with Crippen LogP contribution >= 0.6 is 0 Å². The Morgan fingerprint density at radius 1 is 1.43 bits per heavy atom. The standard InChI is InChI=1S/C10H21N3O/c1-10(2,7-11)8-13-5-4-12(3)6-9(13)14/h4-8,11H2,1-3H3. The van der Waals surface area contributed by atoms with E-state index in [0.29, 0.717) is 13.1 Å². The maximum Gasteiger partial charge on any atom is 0.236 e. The van der Waals surface area contributed by atoms with E-state index in [1.54, 1.807) is 0 Å². The number of piperazine rings is 1. The highest BCUT2D eigenvalue weighted by Crippen LogP contribution is 2.16. The monoisotopic (exact) mass is 199 g/mol. The van der Waals surface area contributed by atoms with Gasteiger partial charge in [-0.25, -0.2) is 0 Å². The summed E-state index contributed by atoms with van der Waals surface area (Å²) in [5.41, 5.74) is 5.68. The third kappa shape index (κ3) is 2.96. The fraction of sp³-hybridized carbons (Fsp3) is 0.900. The molecule has 1 rings (SSSR count). The van der Waals surface area contributed by atoms with Gasteiger partial charge in [-0.2, -0.15) is 0 Å². The second-order valence-corrected chi connectivity index (χ2v) is 4.92. The number of nitrogens with zero attached hydrogens (tertiary/aromatic N) is 2. The number of hydrogen-bond donors (Lipinski definition) is 1. The second-order valence-electron chi connectivity index (χ2n) is 4.92. The Morgan fingerprint density at radius 2 is 2.07 bits per heavy atom. The molecule has 0 aliphatic carbocycles. The molecule has 1 fully saturated rings. The highest BCUT2D eigenvalue weighted by Gasteiger charge is 2.27. The fourth-order valence-corrected chi connectivity index (χ4v) is 1.57. The number of carbonyl (C=O) groups is 1. The molecule has 0 spiro atoms. The molecular weight excluding hydrogens is 178 g/mol. The molecule has 0 bridgehead atoms. The molecule has 4 nitrogen and oxygen atoms in total. The Morgan fingerprint density at radius 3 is 2.57 bits per heavy atom. The third-order valence-electron chi connectivity index (χ3n) is 2.68. The van der Waals surface area contributed by atoms with E-state index >= 15 is 0 Å². The maximum absolute atomic E-state index is 11.6. The minimum atomic E-state index is 0.0333. The van der Waals surface area contributed by atoms with Gasteiger partial charge in [0.2, 0.25) is 5.91 Å².